The van der Waals surface area contributed by atoms with E-state index in [0.29, 0.717) is 0 Å². The van der Waals surface area contributed by atoms with Crippen LogP contribution in [0, 0.1) is 0 Å². The van der Waals surface area contributed by atoms with Crippen molar-refractivity contribution in [3.05, 3.63) is 108 Å². The van der Waals surface area contributed by atoms with Gasteiger partial charge in [0.05, 0.1) is 23.3 Å². The predicted molar refractivity (Wildman–Crippen MR) is 118 cm³/mol. The van der Waals surface area contributed by atoms with E-state index in [1.54, 1.807) is 0 Å². The van der Waals surface area contributed by atoms with Crippen LogP contribution in [0.5, 0.6) is 0 Å². The van der Waals surface area contributed by atoms with E-state index in [1.807, 2.05) is 52.6 Å². The molecule has 0 aliphatic heterocycles. The molecule has 0 spiro atoms. The van der Waals surface area contributed by atoms with E-state index in [2.05, 4.69) is 69.7 Å². The molecule has 6 rings (SSSR count). The molecule has 0 N–H and O–H groups in total. The van der Waals surface area contributed by atoms with E-state index in [0.717, 1.165) is 22.2 Å². The van der Waals surface area contributed by atoms with Crippen molar-refractivity contribution in [1.29, 1.82) is 0 Å². The van der Waals surface area contributed by atoms with Crippen molar-refractivity contribution in [1.82, 2.24) is 19.6 Å². The fraction of sp³-hybridized carbons (Fsp3) is 0.0417. The lowest BCUT2D eigenvalue weighted by molar-refractivity contribution is 0.824. The molecule has 0 saturated carbocycles. The molecule has 4 nitrogen and oxygen atoms in total. The number of fused-ring (bicyclic) bond motifs is 3. The lowest BCUT2D eigenvalue weighted by atomic mass is 9.93. The number of nitrogens with zero attached hydrogens (tertiary/aromatic N) is 4. The van der Waals surface area contributed by atoms with Gasteiger partial charge in [0.15, 0.2) is 5.65 Å². The van der Waals surface area contributed by atoms with Crippen LogP contribution in [0.2, 0.25) is 0 Å². The second-order valence-corrected chi connectivity index (χ2v) is 8.17. The first kappa shape index (κ1) is 16.4. The van der Waals surface area contributed by atoms with Gasteiger partial charge in [0.1, 0.15) is 0 Å². The first-order chi connectivity index (χ1) is 14.4. The summed E-state index contributed by atoms with van der Waals surface area (Å²) in [6.07, 6.45) is 5.59. The Bertz CT molecular complexity index is 1450. The molecule has 0 aliphatic carbocycles. The Morgan fingerprint density at radius 3 is 2.66 bits per heavy atom. The van der Waals surface area contributed by atoms with Gasteiger partial charge in [-0.2, -0.15) is 5.10 Å². The molecule has 5 heteroatoms. The third-order valence-electron chi connectivity index (χ3n) is 5.29. The summed E-state index contributed by atoms with van der Waals surface area (Å²) < 4.78 is 3.24. The monoisotopic (exact) mass is 392 g/mol. The van der Waals surface area contributed by atoms with Gasteiger partial charge in [0.2, 0.25) is 0 Å². The van der Waals surface area contributed by atoms with Crippen molar-refractivity contribution in [2.45, 2.75) is 5.92 Å². The molecule has 29 heavy (non-hydrogen) atoms. The Balaban J connectivity index is 1.62. The van der Waals surface area contributed by atoms with Gasteiger partial charge < -0.3 is 0 Å². The van der Waals surface area contributed by atoms with Crippen molar-refractivity contribution in [2.24, 2.45) is 0 Å². The second kappa shape index (κ2) is 6.50. The fourth-order valence-electron chi connectivity index (χ4n) is 3.94. The summed E-state index contributed by atoms with van der Waals surface area (Å²) in [5.41, 5.74) is 4.14. The second-order valence-electron chi connectivity index (χ2n) is 7.05. The summed E-state index contributed by atoms with van der Waals surface area (Å²) in [6, 6.07) is 25.3. The van der Waals surface area contributed by atoms with Gasteiger partial charge in [-0.1, -0.05) is 30.3 Å². The average molecular weight is 392 g/mol. The Morgan fingerprint density at radius 2 is 1.69 bits per heavy atom. The maximum absolute atomic E-state index is 4.60. The zero-order valence-electron chi connectivity index (χ0n) is 15.4. The molecule has 1 unspecified atom stereocenters. The van der Waals surface area contributed by atoms with Gasteiger partial charge in [-0.25, -0.2) is 9.50 Å². The molecule has 1 atom stereocenters. The molecule has 0 fully saturated rings. The molecule has 0 saturated heterocycles. The SMILES string of the molecule is c1cnc2ccc(C(c3cc4ccccc4s3)c3cnc4cccnn34)cc2c1. The number of benzene rings is 2. The normalized spacial score (nSPS) is 12.7. The van der Waals surface area contributed by atoms with Crippen LogP contribution in [0.1, 0.15) is 22.1 Å². The van der Waals surface area contributed by atoms with Gasteiger partial charge in [-0.3, -0.25) is 4.98 Å². The average Bonchev–Trinajstić information content (AvgIpc) is 3.39. The fourth-order valence-corrected chi connectivity index (χ4v) is 5.15. The lowest BCUT2D eigenvalue weighted by Crippen LogP contribution is -2.06. The Hall–Kier alpha value is -3.57. The summed E-state index contributed by atoms with van der Waals surface area (Å²) in [4.78, 5) is 10.4. The standard InChI is InChI=1S/C24H16N4S/c1-2-7-21-17(5-1)14-22(29-21)24(20-15-26-23-8-4-12-27-28(20)23)18-9-10-19-16(13-18)6-3-11-25-19/h1-15,24H. The van der Waals surface area contributed by atoms with Crippen LogP contribution in [-0.2, 0) is 0 Å². The Kier molecular flexibility index (Phi) is 3.67. The van der Waals surface area contributed by atoms with Crippen LogP contribution in [0.3, 0.4) is 0 Å². The molecule has 0 radical (unpaired) electrons. The van der Waals surface area contributed by atoms with E-state index in [-0.39, 0.29) is 5.92 Å². The minimum atomic E-state index is 0.0434. The number of imidazole rings is 1. The zero-order chi connectivity index (χ0) is 19.2. The predicted octanol–water partition coefficient (Wildman–Crippen LogP) is 5.67. The zero-order valence-corrected chi connectivity index (χ0v) is 16.3. The van der Waals surface area contributed by atoms with Crippen LogP contribution < -0.4 is 0 Å². The molecule has 4 aromatic heterocycles. The van der Waals surface area contributed by atoms with Crippen molar-refractivity contribution < 1.29 is 0 Å². The van der Waals surface area contributed by atoms with Crippen LogP contribution in [0.15, 0.2) is 91.4 Å². The number of pyridine rings is 1. The van der Waals surface area contributed by atoms with Crippen LogP contribution >= 0.6 is 11.3 Å². The lowest BCUT2D eigenvalue weighted by Gasteiger charge is -2.16. The maximum atomic E-state index is 4.60. The third kappa shape index (κ3) is 2.70. The van der Waals surface area contributed by atoms with E-state index in [4.69, 9.17) is 0 Å². The first-order valence-electron chi connectivity index (χ1n) is 9.49. The highest BCUT2D eigenvalue weighted by atomic mass is 32.1. The smallest absolute Gasteiger partial charge is 0.153 e. The van der Waals surface area contributed by atoms with Gasteiger partial charge in [0, 0.05) is 27.4 Å². The van der Waals surface area contributed by atoms with Crippen LogP contribution in [0.4, 0.5) is 0 Å². The van der Waals surface area contributed by atoms with Crippen LogP contribution in [-0.4, -0.2) is 19.6 Å². The molecule has 6 aromatic rings. The molecule has 0 amide bonds. The maximum Gasteiger partial charge on any atom is 0.153 e. The molecule has 0 aliphatic rings. The summed E-state index contributed by atoms with van der Waals surface area (Å²) in [7, 11) is 0. The summed E-state index contributed by atoms with van der Waals surface area (Å²) in [5, 5.41) is 6.98. The summed E-state index contributed by atoms with van der Waals surface area (Å²) in [6.45, 7) is 0. The van der Waals surface area contributed by atoms with E-state index in [9.17, 15) is 0 Å². The summed E-state index contributed by atoms with van der Waals surface area (Å²) in [5.74, 6) is 0.0434. The molecule has 138 valence electrons. The minimum absolute atomic E-state index is 0.0434. The van der Waals surface area contributed by atoms with Gasteiger partial charge in [-0.05, 0) is 53.4 Å². The highest BCUT2D eigenvalue weighted by molar-refractivity contribution is 7.19. The van der Waals surface area contributed by atoms with Crippen molar-refractivity contribution in [3.63, 3.8) is 0 Å². The van der Waals surface area contributed by atoms with Crippen LogP contribution in [0.25, 0.3) is 26.6 Å². The van der Waals surface area contributed by atoms with Crippen molar-refractivity contribution in [3.8, 4) is 0 Å². The Morgan fingerprint density at radius 1 is 0.793 bits per heavy atom. The van der Waals surface area contributed by atoms with Crippen molar-refractivity contribution in [2.75, 3.05) is 0 Å². The van der Waals surface area contributed by atoms with Gasteiger partial charge in [-0.15, -0.1) is 11.3 Å². The Labute approximate surface area is 171 Å². The summed E-state index contributed by atoms with van der Waals surface area (Å²) >= 11 is 1.83. The number of hydrogen-bond acceptors (Lipinski definition) is 4. The first-order valence-corrected chi connectivity index (χ1v) is 10.3. The van der Waals surface area contributed by atoms with E-state index < -0.39 is 0 Å². The van der Waals surface area contributed by atoms with E-state index >= 15 is 0 Å². The van der Waals surface area contributed by atoms with E-state index in [1.165, 1.54) is 20.5 Å². The number of aromatic nitrogens is 4. The molecule has 2 aromatic carbocycles. The molecule has 0 bridgehead atoms. The molecule has 4 heterocycles. The highest BCUT2D eigenvalue weighted by Crippen LogP contribution is 2.39. The van der Waals surface area contributed by atoms with Gasteiger partial charge in [0.25, 0.3) is 0 Å². The minimum Gasteiger partial charge on any atom is -0.256 e. The number of hydrogen-bond donors (Lipinski definition) is 0. The number of thiophene rings is 1. The third-order valence-corrected chi connectivity index (χ3v) is 6.47. The largest absolute Gasteiger partial charge is 0.256 e. The number of rotatable bonds is 3. The topological polar surface area (TPSA) is 43.1 Å². The molecular formula is C24H16N4S. The molecular weight excluding hydrogens is 376 g/mol. The van der Waals surface area contributed by atoms with Crippen molar-refractivity contribution >= 4 is 38.0 Å². The highest BCUT2D eigenvalue weighted by Gasteiger charge is 2.23. The van der Waals surface area contributed by atoms with Gasteiger partial charge >= 0.3 is 0 Å². The quantitative estimate of drug-likeness (QED) is 0.390.